The predicted octanol–water partition coefficient (Wildman–Crippen LogP) is 4.77. The Balaban J connectivity index is 1.55. The average molecular weight is 375 g/mol. The maximum absolute atomic E-state index is 12.9. The minimum Gasteiger partial charge on any atom is -0.361 e. The van der Waals surface area contributed by atoms with E-state index in [0.717, 1.165) is 53.5 Å². The van der Waals surface area contributed by atoms with Crippen LogP contribution >= 0.6 is 0 Å². The van der Waals surface area contributed by atoms with E-state index in [-0.39, 0.29) is 11.9 Å². The van der Waals surface area contributed by atoms with E-state index in [2.05, 4.69) is 41.8 Å². The molecule has 1 aromatic carbocycles. The fourth-order valence-corrected chi connectivity index (χ4v) is 4.07. The zero-order valence-corrected chi connectivity index (χ0v) is 16.6. The van der Waals surface area contributed by atoms with Gasteiger partial charge in [0.15, 0.2) is 0 Å². The van der Waals surface area contributed by atoms with E-state index in [0.29, 0.717) is 0 Å². The van der Waals surface area contributed by atoms with Crippen LogP contribution in [0, 0.1) is 20.8 Å². The van der Waals surface area contributed by atoms with Gasteiger partial charge in [-0.05, 0) is 63.5 Å². The Morgan fingerprint density at radius 2 is 1.96 bits per heavy atom. The number of likely N-dealkylation sites (tertiary alicyclic amines) is 1. The Hall–Kier alpha value is -3.08. The highest BCUT2D eigenvalue weighted by molar-refractivity contribution is 5.92. The van der Waals surface area contributed by atoms with Crippen molar-refractivity contribution in [3.8, 4) is 5.69 Å². The second-order valence-electron chi connectivity index (χ2n) is 7.38. The van der Waals surface area contributed by atoms with Crippen LogP contribution in [0.15, 0.2) is 53.1 Å². The van der Waals surface area contributed by atoms with Crippen molar-refractivity contribution < 1.29 is 9.32 Å². The van der Waals surface area contributed by atoms with Crippen molar-refractivity contribution in [2.75, 3.05) is 6.54 Å². The van der Waals surface area contributed by atoms with Crippen LogP contribution in [0.25, 0.3) is 11.8 Å². The summed E-state index contributed by atoms with van der Waals surface area (Å²) in [5.74, 6) is 0.797. The van der Waals surface area contributed by atoms with Crippen LogP contribution in [-0.2, 0) is 4.79 Å². The van der Waals surface area contributed by atoms with Crippen molar-refractivity contribution in [3.05, 3.63) is 76.9 Å². The fourth-order valence-electron chi connectivity index (χ4n) is 4.07. The average Bonchev–Trinajstić information content (AvgIpc) is 3.40. The quantitative estimate of drug-likeness (QED) is 0.617. The summed E-state index contributed by atoms with van der Waals surface area (Å²) in [4.78, 5) is 14.7. The van der Waals surface area contributed by atoms with Gasteiger partial charge in [-0.2, -0.15) is 0 Å². The van der Waals surface area contributed by atoms with Crippen molar-refractivity contribution in [1.82, 2.24) is 14.6 Å². The molecule has 0 saturated carbocycles. The summed E-state index contributed by atoms with van der Waals surface area (Å²) in [5, 5.41) is 4.12. The van der Waals surface area contributed by atoms with E-state index in [1.54, 1.807) is 6.08 Å². The highest BCUT2D eigenvalue weighted by atomic mass is 16.5. The summed E-state index contributed by atoms with van der Waals surface area (Å²) in [6, 6.07) is 14.3. The third kappa shape index (κ3) is 3.40. The van der Waals surface area contributed by atoms with E-state index in [4.69, 9.17) is 4.52 Å². The van der Waals surface area contributed by atoms with Crippen molar-refractivity contribution in [2.45, 2.75) is 39.7 Å². The minimum absolute atomic E-state index is 0.00588. The molecule has 3 heterocycles. The van der Waals surface area contributed by atoms with Gasteiger partial charge in [-0.1, -0.05) is 23.4 Å². The van der Waals surface area contributed by atoms with Gasteiger partial charge in [0, 0.05) is 35.8 Å². The number of aryl methyl sites for hydroxylation is 2. The second-order valence-corrected chi connectivity index (χ2v) is 7.38. The number of hydrogen-bond acceptors (Lipinski definition) is 3. The van der Waals surface area contributed by atoms with Gasteiger partial charge in [-0.25, -0.2) is 0 Å². The first-order valence-corrected chi connectivity index (χ1v) is 9.71. The van der Waals surface area contributed by atoms with Gasteiger partial charge in [0.05, 0.1) is 6.04 Å². The lowest BCUT2D eigenvalue weighted by Gasteiger charge is -2.21. The number of amides is 1. The monoisotopic (exact) mass is 375 g/mol. The summed E-state index contributed by atoms with van der Waals surface area (Å²) in [7, 11) is 0. The van der Waals surface area contributed by atoms with Gasteiger partial charge in [0.2, 0.25) is 5.91 Å². The number of carbonyl (C=O) groups is 1. The first-order chi connectivity index (χ1) is 13.5. The van der Waals surface area contributed by atoms with E-state index in [1.807, 2.05) is 42.2 Å². The number of para-hydroxylation sites is 1. The van der Waals surface area contributed by atoms with Crippen molar-refractivity contribution in [3.63, 3.8) is 0 Å². The molecule has 0 aliphatic carbocycles. The zero-order valence-electron chi connectivity index (χ0n) is 16.6. The molecule has 1 amide bonds. The van der Waals surface area contributed by atoms with Gasteiger partial charge in [-0.3, -0.25) is 4.79 Å². The number of carbonyl (C=O) groups excluding carboxylic acids is 1. The Labute approximate surface area is 165 Å². The summed E-state index contributed by atoms with van der Waals surface area (Å²) >= 11 is 0. The minimum atomic E-state index is 0.00588. The lowest BCUT2D eigenvalue weighted by molar-refractivity contribution is -0.126. The molecule has 144 valence electrons. The first kappa shape index (κ1) is 18.3. The maximum Gasteiger partial charge on any atom is 0.247 e. The number of benzene rings is 1. The summed E-state index contributed by atoms with van der Waals surface area (Å²) < 4.78 is 7.41. The second kappa shape index (κ2) is 7.50. The predicted molar refractivity (Wildman–Crippen MR) is 109 cm³/mol. The molecule has 0 radical (unpaired) electrons. The summed E-state index contributed by atoms with van der Waals surface area (Å²) in [6.45, 7) is 6.80. The molecule has 0 unspecified atom stereocenters. The SMILES string of the molecule is Cc1cc([C@@H]2CCCN2C(=O)/C=C\c2cc(C)n(-c3ccccc3)c2C)no1. The Bertz CT molecular complexity index is 1010. The van der Waals surface area contributed by atoms with E-state index in [9.17, 15) is 4.79 Å². The molecule has 1 atom stereocenters. The van der Waals surface area contributed by atoms with E-state index < -0.39 is 0 Å². The summed E-state index contributed by atoms with van der Waals surface area (Å²) in [5.41, 5.74) is 5.30. The van der Waals surface area contributed by atoms with Crippen LogP contribution in [0.3, 0.4) is 0 Å². The number of nitrogens with zero attached hydrogens (tertiary/aromatic N) is 3. The lowest BCUT2D eigenvalue weighted by Crippen LogP contribution is -2.29. The highest BCUT2D eigenvalue weighted by Crippen LogP contribution is 2.32. The smallest absolute Gasteiger partial charge is 0.247 e. The van der Waals surface area contributed by atoms with Crippen LogP contribution in [0.4, 0.5) is 0 Å². The van der Waals surface area contributed by atoms with Crippen LogP contribution in [0.2, 0.25) is 0 Å². The molecule has 0 N–H and O–H groups in total. The molecule has 28 heavy (non-hydrogen) atoms. The Morgan fingerprint density at radius 1 is 1.18 bits per heavy atom. The van der Waals surface area contributed by atoms with Crippen LogP contribution < -0.4 is 0 Å². The molecule has 0 spiro atoms. The van der Waals surface area contributed by atoms with Crippen LogP contribution in [0.5, 0.6) is 0 Å². The molecule has 2 aromatic heterocycles. The zero-order chi connectivity index (χ0) is 19.7. The van der Waals surface area contributed by atoms with Gasteiger partial charge in [0.1, 0.15) is 11.5 Å². The maximum atomic E-state index is 12.9. The molecule has 3 aromatic rings. The molecular weight excluding hydrogens is 350 g/mol. The van der Waals surface area contributed by atoms with Crippen LogP contribution in [-0.4, -0.2) is 27.1 Å². The normalized spacial score (nSPS) is 17.0. The molecule has 1 aliphatic heterocycles. The lowest BCUT2D eigenvalue weighted by atomic mass is 10.1. The van der Waals surface area contributed by atoms with Gasteiger partial charge >= 0.3 is 0 Å². The number of hydrogen-bond donors (Lipinski definition) is 0. The standard InChI is InChI=1S/C23H25N3O2/c1-16-14-19(18(3)26(16)20-8-5-4-6-9-20)11-12-23(27)25-13-7-10-22(25)21-15-17(2)28-24-21/h4-6,8-9,11-12,14-15,22H,7,10,13H2,1-3H3/b12-11-/t22-/m0/s1. The van der Waals surface area contributed by atoms with Crippen molar-refractivity contribution >= 4 is 12.0 Å². The fraction of sp³-hybridized carbons (Fsp3) is 0.304. The first-order valence-electron chi connectivity index (χ1n) is 9.71. The number of aromatic nitrogens is 2. The van der Waals surface area contributed by atoms with Crippen LogP contribution in [0.1, 0.15) is 47.3 Å². The molecule has 5 heteroatoms. The van der Waals surface area contributed by atoms with Crippen molar-refractivity contribution in [1.29, 1.82) is 0 Å². The molecule has 1 aliphatic rings. The van der Waals surface area contributed by atoms with E-state index >= 15 is 0 Å². The molecular formula is C23H25N3O2. The molecule has 1 fully saturated rings. The molecule has 1 saturated heterocycles. The third-order valence-electron chi connectivity index (χ3n) is 5.41. The van der Waals surface area contributed by atoms with Gasteiger partial charge in [0.25, 0.3) is 0 Å². The number of rotatable bonds is 4. The van der Waals surface area contributed by atoms with E-state index in [1.165, 1.54) is 0 Å². The summed E-state index contributed by atoms with van der Waals surface area (Å²) in [6.07, 6.45) is 5.52. The Morgan fingerprint density at radius 3 is 2.68 bits per heavy atom. The third-order valence-corrected chi connectivity index (χ3v) is 5.41. The highest BCUT2D eigenvalue weighted by Gasteiger charge is 2.31. The van der Waals surface area contributed by atoms with Crippen molar-refractivity contribution in [2.24, 2.45) is 0 Å². The molecule has 0 bridgehead atoms. The Kier molecular flexibility index (Phi) is 4.90. The van der Waals surface area contributed by atoms with Gasteiger partial charge < -0.3 is 14.0 Å². The largest absolute Gasteiger partial charge is 0.361 e. The molecule has 4 rings (SSSR count). The molecule has 5 nitrogen and oxygen atoms in total. The topological polar surface area (TPSA) is 51.3 Å². The van der Waals surface area contributed by atoms with Gasteiger partial charge in [-0.15, -0.1) is 0 Å².